The minimum atomic E-state index is 0.835. The zero-order valence-electron chi connectivity index (χ0n) is 11.9. The molecule has 5 heteroatoms. The average Bonchev–Trinajstić information content (AvgIpc) is 2.98. The zero-order chi connectivity index (χ0) is 13.9. The van der Waals surface area contributed by atoms with Crippen molar-refractivity contribution in [2.24, 2.45) is 7.05 Å². The van der Waals surface area contributed by atoms with E-state index in [-0.39, 0.29) is 0 Å². The van der Waals surface area contributed by atoms with Crippen LogP contribution >= 0.6 is 0 Å². The van der Waals surface area contributed by atoms with Crippen molar-refractivity contribution in [3.63, 3.8) is 0 Å². The maximum absolute atomic E-state index is 4.58. The van der Waals surface area contributed by atoms with Crippen LogP contribution in [0.4, 0.5) is 0 Å². The number of hydrogen-bond acceptors (Lipinski definition) is 3. The second-order valence-corrected chi connectivity index (χ2v) is 4.97. The van der Waals surface area contributed by atoms with Crippen LogP contribution in [-0.2, 0) is 20.1 Å². The van der Waals surface area contributed by atoms with E-state index in [1.807, 2.05) is 30.2 Å². The molecule has 2 aromatic heterocycles. The van der Waals surface area contributed by atoms with Crippen molar-refractivity contribution >= 4 is 11.0 Å². The predicted molar refractivity (Wildman–Crippen MR) is 79.4 cm³/mol. The molecule has 0 aliphatic carbocycles. The van der Waals surface area contributed by atoms with Gasteiger partial charge in [0, 0.05) is 32.9 Å². The van der Waals surface area contributed by atoms with Gasteiger partial charge in [-0.15, -0.1) is 0 Å². The van der Waals surface area contributed by atoms with Gasteiger partial charge in [-0.1, -0.05) is 12.1 Å². The first-order valence-corrected chi connectivity index (χ1v) is 6.83. The lowest BCUT2D eigenvalue weighted by molar-refractivity contribution is 0.584. The summed E-state index contributed by atoms with van der Waals surface area (Å²) in [5.41, 5.74) is 3.46. The Labute approximate surface area is 118 Å². The van der Waals surface area contributed by atoms with Gasteiger partial charge in [-0.25, -0.2) is 9.97 Å². The lowest BCUT2D eigenvalue weighted by atomic mass is 10.3. The number of nitrogens with one attached hydrogen (secondary N) is 1. The quantitative estimate of drug-likeness (QED) is 0.719. The molecule has 3 rings (SSSR count). The van der Waals surface area contributed by atoms with Gasteiger partial charge in [0.2, 0.25) is 0 Å². The van der Waals surface area contributed by atoms with Crippen LogP contribution < -0.4 is 5.32 Å². The standard InChI is InChI=1S/C15H19N5/c1-12-18-14-5-3-4-6-15(14)20(12)8-7-16-9-13-10-17-11-19(13)2/h3-6,10-11,16H,7-9H2,1-2H3. The van der Waals surface area contributed by atoms with Crippen molar-refractivity contribution in [3.05, 3.63) is 48.3 Å². The highest BCUT2D eigenvalue weighted by Crippen LogP contribution is 2.14. The molecule has 0 radical (unpaired) electrons. The van der Waals surface area contributed by atoms with Crippen LogP contribution in [0.1, 0.15) is 11.5 Å². The van der Waals surface area contributed by atoms with Crippen molar-refractivity contribution in [3.8, 4) is 0 Å². The van der Waals surface area contributed by atoms with E-state index in [0.29, 0.717) is 0 Å². The lowest BCUT2D eigenvalue weighted by Gasteiger charge is -2.08. The monoisotopic (exact) mass is 269 g/mol. The van der Waals surface area contributed by atoms with Gasteiger partial charge in [-0.05, 0) is 19.1 Å². The molecule has 0 amide bonds. The minimum absolute atomic E-state index is 0.835. The SMILES string of the molecule is Cc1nc2ccccc2n1CCNCc1cncn1C. The van der Waals surface area contributed by atoms with Crippen LogP contribution in [0.15, 0.2) is 36.8 Å². The maximum Gasteiger partial charge on any atom is 0.106 e. The van der Waals surface area contributed by atoms with E-state index in [1.165, 1.54) is 11.2 Å². The number of aryl methyl sites for hydroxylation is 2. The van der Waals surface area contributed by atoms with Crippen LogP contribution in [0.3, 0.4) is 0 Å². The van der Waals surface area contributed by atoms with E-state index in [2.05, 4.69) is 45.0 Å². The minimum Gasteiger partial charge on any atom is -0.337 e. The topological polar surface area (TPSA) is 47.7 Å². The summed E-state index contributed by atoms with van der Waals surface area (Å²) in [6, 6.07) is 8.27. The third-order valence-electron chi connectivity index (χ3n) is 3.58. The van der Waals surface area contributed by atoms with Crippen LogP contribution in [0.5, 0.6) is 0 Å². The number of aromatic nitrogens is 4. The fourth-order valence-corrected chi connectivity index (χ4v) is 2.44. The van der Waals surface area contributed by atoms with Crippen molar-refractivity contribution in [2.45, 2.75) is 20.0 Å². The van der Waals surface area contributed by atoms with E-state index in [0.717, 1.165) is 31.0 Å². The van der Waals surface area contributed by atoms with Gasteiger partial charge >= 0.3 is 0 Å². The highest BCUT2D eigenvalue weighted by Gasteiger charge is 2.05. The Hall–Kier alpha value is -2.14. The average molecular weight is 269 g/mol. The summed E-state index contributed by atoms with van der Waals surface area (Å²) in [6.45, 7) is 4.72. The third kappa shape index (κ3) is 2.44. The second kappa shape index (κ2) is 5.46. The smallest absolute Gasteiger partial charge is 0.106 e. The highest BCUT2D eigenvalue weighted by molar-refractivity contribution is 5.75. The Morgan fingerprint density at radius 2 is 2.10 bits per heavy atom. The van der Waals surface area contributed by atoms with Crippen LogP contribution in [0.2, 0.25) is 0 Å². The largest absolute Gasteiger partial charge is 0.337 e. The molecule has 104 valence electrons. The first-order valence-electron chi connectivity index (χ1n) is 6.83. The molecular weight excluding hydrogens is 250 g/mol. The molecule has 0 aliphatic rings. The first-order chi connectivity index (χ1) is 9.75. The molecule has 2 heterocycles. The molecule has 0 fully saturated rings. The van der Waals surface area contributed by atoms with E-state index in [1.54, 1.807) is 0 Å². The number of fused-ring (bicyclic) bond motifs is 1. The van der Waals surface area contributed by atoms with E-state index in [4.69, 9.17) is 0 Å². The zero-order valence-corrected chi connectivity index (χ0v) is 11.9. The number of benzene rings is 1. The Morgan fingerprint density at radius 1 is 1.25 bits per heavy atom. The molecular formula is C15H19N5. The summed E-state index contributed by atoms with van der Waals surface area (Å²) in [7, 11) is 2.01. The second-order valence-electron chi connectivity index (χ2n) is 4.97. The van der Waals surface area contributed by atoms with Gasteiger partial charge in [0.25, 0.3) is 0 Å². The number of rotatable bonds is 5. The van der Waals surface area contributed by atoms with Gasteiger partial charge in [0.15, 0.2) is 0 Å². The molecule has 3 aromatic rings. The van der Waals surface area contributed by atoms with Gasteiger partial charge < -0.3 is 14.5 Å². The maximum atomic E-state index is 4.58. The summed E-state index contributed by atoms with van der Waals surface area (Å²) in [5, 5.41) is 3.45. The van der Waals surface area contributed by atoms with Crippen LogP contribution in [-0.4, -0.2) is 25.6 Å². The molecule has 0 saturated carbocycles. The Morgan fingerprint density at radius 3 is 2.90 bits per heavy atom. The van der Waals surface area contributed by atoms with Gasteiger partial charge in [-0.3, -0.25) is 0 Å². The molecule has 0 saturated heterocycles. The van der Waals surface area contributed by atoms with E-state index in [9.17, 15) is 0 Å². The van der Waals surface area contributed by atoms with Crippen molar-refractivity contribution in [1.82, 2.24) is 24.4 Å². The summed E-state index contributed by atoms with van der Waals surface area (Å²) in [4.78, 5) is 8.69. The molecule has 0 unspecified atom stereocenters. The molecule has 0 atom stereocenters. The fourth-order valence-electron chi connectivity index (χ4n) is 2.44. The van der Waals surface area contributed by atoms with E-state index >= 15 is 0 Å². The molecule has 5 nitrogen and oxygen atoms in total. The summed E-state index contributed by atoms with van der Waals surface area (Å²) < 4.78 is 4.29. The van der Waals surface area contributed by atoms with Crippen LogP contribution in [0.25, 0.3) is 11.0 Å². The number of nitrogens with zero attached hydrogens (tertiary/aromatic N) is 4. The van der Waals surface area contributed by atoms with Crippen LogP contribution in [0, 0.1) is 6.92 Å². The molecule has 20 heavy (non-hydrogen) atoms. The molecule has 0 aliphatic heterocycles. The van der Waals surface area contributed by atoms with Crippen molar-refractivity contribution in [2.75, 3.05) is 6.54 Å². The Kier molecular flexibility index (Phi) is 3.52. The first kappa shape index (κ1) is 12.9. The molecule has 1 N–H and O–H groups in total. The molecule has 1 aromatic carbocycles. The van der Waals surface area contributed by atoms with Gasteiger partial charge in [0.05, 0.1) is 23.1 Å². The number of para-hydroxylation sites is 2. The normalized spacial score (nSPS) is 11.3. The number of hydrogen-bond donors (Lipinski definition) is 1. The van der Waals surface area contributed by atoms with Gasteiger partial charge in [-0.2, -0.15) is 0 Å². The fraction of sp³-hybridized carbons (Fsp3) is 0.333. The summed E-state index contributed by atoms with van der Waals surface area (Å²) >= 11 is 0. The molecule has 0 bridgehead atoms. The van der Waals surface area contributed by atoms with Gasteiger partial charge in [0.1, 0.15) is 5.82 Å². The van der Waals surface area contributed by atoms with Crippen molar-refractivity contribution in [1.29, 1.82) is 0 Å². The van der Waals surface area contributed by atoms with Crippen molar-refractivity contribution < 1.29 is 0 Å². The Bertz CT molecular complexity index is 710. The summed E-state index contributed by atoms with van der Waals surface area (Å²) in [6.07, 6.45) is 3.72. The molecule has 0 spiro atoms. The van der Waals surface area contributed by atoms with E-state index < -0.39 is 0 Å². The predicted octanol–water partition coefficient (Wildman–Crippen LogP) is 1.87. The lowest BCUT2D eigenvalue weighted by Crippen LogP contribution is -2.21. The Balaban J connectivity index is 1.63. The number of imidazole rings is 2. The summed E-state index contributed by atoms with van der Waals surface area (Å²) in [5.74, 6) is 1.06. The third-order valence-corrected chi connectivity index (χ3v) is 3.58. The highest BCUT2D eigenvalue weighted by atomic mass is 15.1.